The lowest BCUT2D eigenvalue weighted by Gasteiger charge is -2.28. The van der Waals surface area contributed by atoms with E-state index in [1.807, 2.05) is 0 Å². The van der Waals surface area contributed by atoms with Crippen molar-refractivity contribution in [3.63, 3.8) is 0 Å². The average molecular weight is 690 g/mol. The second kappa shape index (κ2) is 15.9. The number of rotatable bonds is 11. The minimum atomic E-state index is 0.285. The molecule has 7 aromatic carbocycles. The van der Waals surface area contributed by atoms with Gasteiger partial charge in [-0.1, -0.05) is 139 Å². The van der Waals surface area contributed by atoms with E-state index < -0.39 is 0 Å². The SMILES string of the molecule is Cc1ccc(N(c2ccc(CC(c3ccccc3)c3ccc(C)c(C)c3)cc2)c2ccc(CC(c3ccccc3)c3ccc(C)c(C)c3)cc2)c(C)c1. The lowest BCUT2D eigenvalue weighted by Crippen LogP contribution is -2.12. The highest BCUT2D eigenvalue weighted by molar-refractivity contribution is 5.78. The first-order chi connectivity index (χ1) is 25.7. The van der Waals surface area contributed by atoms with Gasteiger partial charge in [0, 0.05) is 28.9 Å². The summed E-state index contributed by atoms with van der Waals surface area (Å²) in [7, 11) is 0. The molecule has 0 bridgehead atoms. The van der Waals surface area contributed by atoms with Crippen LogP contribution in [0.4, 0.5) is 17.1 Å². The standard InChI is InChI=1S/C52H51N/c1-36-17-30-52(41(6)31-36)53(48-26-20-42(21-27-48)34-50(44-13-9-7-10-14-44)46-24-18-37(2)39(4)32-46)49-28-22-43(23-29-49)35-51(45-15-11-8-12-16-45)47-25-19-38(3)40(5)33-47/h7-33,50-51H,34-35H2,1-6H3. The van der Waals surface area contributed by atoms with Crippen molar-refractivity contribution in [1.82, 2.24) is 0 Å². The minimum absolute atomic E-state index is 0.285. The molecule has 7 rings (SSSR count). The maximum absolute atomic E-state index is 2.42. The van der Waals surface area contributed by atoms with Crippen LogP contribution in [0.1, 0.15) is 78.6 Å². The maximum Gasteiger partial charge on any atom is 0.0490 e. The molecule has 1 heteroatoms. The van der Waals surface area contributed by atoms with Crippen molar-refractivity contribution in [3.8, 4) is 0 Å². The van der Waals surface area contributed by atoms with Crippen molar-refractivity contribution in [2.45, 2.75) is 66.2 Å². The number of anilines is 3. The summed E-state index contributed by atoms with van der Waals surface area (Å²) in [5.41, 5.74) is 19.5. The van der Waals surface area contributed by atoms with E-state index in [0.717, 1.165) is 24.2 Å². The molecule has 0 amide bonds. The maximum atomic E-state index is 2.42. The largest absolute Gasteiger partial charge is 0.310 e. The van der Waals surface area contributed by atoms with Crippen molar-refractivity contribution in [3.05, 3.63) is 231 Å². The van der Waals surface area contributed by atoms with Crippen LogP contribution >= 0.6 is 0 Å². The molecular formula is C52H51N. The van der Waals surface area contributed by atoms with Crippen molar-refractivity contribution < 1.29 is 0 Å². The second-order valence-corrected chi connectivity index (χ2v) is 15.0. The fourth-order valence-corrected chi connectivity index (χ4v) is 7.71. The Bertz CT molecular complexity index is 2140. The van der Waals surface area contributed by atoms with Crippen molar-refractivity contribution in [1.29, 1.82) is 0 Å². The summed E-state index contributed by atoms with van der Waals surface area (Å²) in [6, 6.07) is 61.1. The third kappa shape index (κ3) is 8.21. The Hall–Kier alpha value is -5.66. The quantitative estimate of drug-likeness (QED) is 0.131. The minimum Gasteiger partial charge on any atom is -0.310 e. The molecular weight excluding hydrogens is 639 g/mol. The van der Waals surface area contributed by atoms with Gasteiger partial charge >= 0.3 is 0 Å². The average Bonchev–Trinajstić information content (AvgIpc) is 3.18. The molecule has 0 spiro atoms. The van der Waals surface area contributed by atoms with Crippen LogP contribution in [0.25, 0.3) is 0 Å². The topological polar surface area (TPSA) is 3.24 Å². The van der Waals surface area contributed by atoms with Gasteiger partial charge in [0.15, 0.2) is 0 Å². The summed E-state index contributed by atoms with van der Waals surface area (Å²) in [6.07, 6.45) is 1.88. The highest BCUT2D eigenvalue weighted by Gasteiger charge is 2.20. The van der Waals surface area contributed by atoms with E-state index in [4.69, 9.17) is 0 Å². The number of aryl methyl sites for hydroxylation is 6. The first-order valence-electron chi connectivity index (χ1n) is 19.0. The monoisotopic (exact) mass is 689 g/mol. The van der Waals surface area contributed by atoms with Gasteiger partial charge in [-0.25, -0.2) is 0 Å². The Labute approximate surface area is 317 Å². The van der Waals surface area contributed by atoms with Crippen LogP contribution in [-0.2, 0) is 12.8 Å². The molecule has 0 radical (unpaired) electrons. The zero-order valence-electron chi connectivity index (χ0n) is 32.1. The van der Waals surface area contributed by atoms with Crippen LogP contribution in [0.15, 0.2) is 164 Å². The molecule has 0 saturated heterocycles. The van der Waals surface area contributed by atoms with Gasteiger partial charge in [-0.05, 0) is 146 Å². The first kappa shape index (κ1) is 35.7. The van der Waals surface area contributed by atoms with Gasteiger partial charge in [-0.2, -0.15) is 0 Å². The van der Waals surface area contributed by atoms with Gasteiger partial charge in [0.1, 0.15) is 0 Å². The molecule has 0 saturated carbocycles. The molecule has 1 nitrogen and oxygen atoms in total. The summed E-state index contributed by atoms with van der Waals surface area (Å²) < 4.78 is 0. The van der Waals surface area contributed by atoms with Crippen LogP contribution in [0.5, 0.6) is 0 Å². The van der Waals surface area contributed by atoms with Crippen molar-refractivity contribution in [2.24, 2.45) is 0 Å². The molecule has 264 valence electrons. The smallest absolute Gasteiger partial charge is 0.0490 e. The Balaban J connectivity index is 1.20. The third-order valence-corrected chi connectivity index (χ3v) is 11.1. The zero-order chi connectivity index (χ0) is 36.9. The molecule has 0 aliphatic rings. The van der Waals surface area contributed by atoms with E-state index in [-0.39, 0.29) is 11.8 Å². The van der Waals surface area contributed by atoms with Crippen LogP contribution < -0.4 is 4.90 Å². The molecule has 7 aromatic rings. The summed E-state index contributed by atoms with van der Waals surface area (Å²) in [5.74, 6) is 0.570. The van der Waals surface area contributed by atoms with Crippen molar-refractivity contribution in [2.75, 3.05) is 4.90 Å². The summed E-state index contributed by atoms with van der Waals surface area (Å²) >= 11 is 0. The number of nitrogens with zero attached hydrogens (tertiary/aromatic N) is 1. The molecule has 2 unspecified atom stereocenters. The molecule has 0 heterocycles. The fraction of sp³-hybridized carbons (Fsp3) is 0.192. The van der Waals surface area contributed by atoms with E-state index in [0.29, 0.717) is 0 Å². The Kier molecular flexibility index (Phi) is 10.7. The third-order valence-electron chi connectivity index (χ3n) is 11.1. The number of benzene rings is 7. The molecule has 53 heavy (non-hydrogen) atoms. The molecule has 0 aliphatic carbocycles. The Morgan fingerprint density at radius 1 is 0.358 bits per heavy atom. The Morgan fingerprint density at radius 3 is 1.19 bits per heavy atom. The van der Waals surface area contributed by atoms with E-state index in [9.17, 15) is 0 Å². The van der Waals surface area contributed by atoms with Crippen molar-refractivity contribution >= 4 is 17.1 Å². The summed E-state index contributed by atoms with van der Waals surface area (Å²) in [6.45, 7) is 13.2. The van der Waals surface area contributed by atoms with E-state index >= 15 is 0 Å². The van der Waals surface area contributed by atoms with Crippen LogP contribution in [-0.4, -0.2) is 0 Å². The van der Waals surface area contributed by atoms with Crippen LogP contribution in [0, 0.1) is 41.5 Å². The molecule has 0 aromatic heterocycles. The molecule has 0 N–H and O–H groups in total. The molecule has 2 atom stereocenters. The van der Waals surface area contributed by atoms with Gasteiger partial charge < -0.3 is 4.90 Å². The zero-order valence-corrected chi connectivity index (χ0v) is 32.1. The Morgan fingerprint density at radius 2 is 0.792 bits per heavy atom. The predicted molar refractivity (Wildman–Crippen MR) is 226 cm³/mol. The molecule has 0 fully saturated rings. The van der Waals surface area contributed by atoms with Gasteiger partial charge in [0.25, 0.3) is 0 Å². The number of hydrogen-bond donors (Lipinski definition) is 0. The van der Waals surface area contributed by atoms with E-state index in [1.54, 1.807) is 0 Å². The normalized spacial score (nSPS) is 12.3. The summed E-state index contributed by atoms with van der Waals surface area (Å²) in [5, 5.41) is 0. The van der Waals surface area contributed by atoms with Gasteiger partial charge in [-0.15, -0.1) is 0 Å². The summed E-state index contributed by atoms with van der Waals surface area (Å²) in [4.78, 5) is 2.42. The lowest BCUT2D eigenvalue weighted by atomic mass is 9.84. The van der Waals surface area contributed by atoms with Crippen LogP contribution in [0.2, 0.25) is 0 Å². The van der Waals surface area contributed by atoms with Gasteiger partial charge in [0.2, 0.25) is 0 Å². The predicted octanol–water partition coefficient (Wildman–Crippen LogP) is 13.8. The van der Waals surface area contributed by atoms with E-state index in [1.165, 1.54) is 72.4 Å². The molecule has 0 aliphatic heterocycles. The number of hydrogen-bond acceptors (Lipinski definition) is 1. The highest BCUT2D eigenvalue weighted by Crippen LogP contribution is 2.39. The van der Waals surface area contributed by atoms with Gasteiger partial charge in [0.05, 0.1) is 0 Å². The fourth-order valence-electron chi connectivity index (χ4n) is 7.71. The highest BCUT2D eigenvalue weighted by atomic mass is 15.1. The van der Waals surface area contributed by atoms with Gasteiger partial charge in [-0.3, -0.25) is 0 Å². The van der Waals surface area contributed by atoms with Crippen LogP contribution in [0.3, 0.4) is 0 Å². The lowest BCUT2D eigenvalue weighted by molar-refractivity contribution is 0.803. The second-order valence-electron chi connectivity index (χ2n) is 15.0. The van der Waals surface area contributed by atoms with E-state index in [2.05, 4.69) is 210 Å². The first-order valence-corrected chi connectivity index (χ1v) is 19.0.